The minimum atomic E-state index is -3.37. The maximum atomic E-state index is 13.2. The number of nitrogens with zero attached hydrogens (tertiary/aromatic N) is 2. The maximum absolute atomic E-state index is 13.2. The second-order valence-electron chi connectivity index (χ2n) is 10.7. The molecule has 0 unspecified atom stereocenters. The Bertz CT molecular complexity index is 1680. The van der Waals surface area contributed by atoms with Gasteiger partial charge in [0.05, 0.1) is 31.2 Å². The van der Waals surface area contributed by atoms with Crippen LogP contribution >= 0.6 is 34.8 Å². The van der Waals surface area contributed by atoms with Crippen molar-refractivity contribution in [3.8, 4) is 28.2 Å². The van der Waals surface area contributed by atoms with Gasteiger partial charge in [0.25, 0.3) is 5.91 Å². The quantitative estimate of drug-likeness (QED) is 0.217. The summed E-state index contributed by atoms with van der Waals surface area (Å²) in [6.07, 6.45) is 2.78. The molecule has 1 amide bonds. The van der Waals surface area contributed by atoms with Crippen molar-refractivity contribution in [2.75, 3.05) is 12.8 Å². The number of rotatable bonds is 8. The topological polar surface area (TPSA) is 81.1 Å². The summed E-state index contributed by atoms with van der Waals surface area (Å²) in [5.74, 6) is 0.387. The van der Waals surface area contributed by atoms with Crippen LogP contribution in [-0.2, 0) is 9.84 Å². The Morgan fingerprint density at radius 3 is 2.17 bits per heavy atom. The molecule has 0 saturated heterocycles. The monoisotopic (exact) mass is 617 g/mol. The van der Waals surface area contributed by atoms with Crippen molar-refractivity contribution in [1.82, 2.24) is 14.9 Å². The van der Waals surface area contributed by atoms with E-state index in [9.17, 15) is 13.2 Å². The van der Waals surface area contributed by atoms with E-state index >= 15 is 0 Å². The maximum Gasteiger partial charge on any atom is 0.271 e. The lowest BCUT2D eigenvalue weighted by molar-refractivity contribution is 0.0920. The first-order valence-electron chi connectivity index (χ1n) is 12.6. The van der Waals surface area contributed by atoms with Gasteiger partial charge in [0.1, 0.15) is 11.5 Å². The zero-order valence-corrected chi connectivity index (χ0v) is 25.9. The lowest BCUT2D eigenvalue weighted by Gasteiger charge is -2.29. The first kappa shape index (κ1) is 30.1. The van der Waals surface area contributed by atoms with Crippen LogP contribution in [0.5, 0.6) is 0 Å². The molecule has 0 spiro atoms. The fraction of sp³-hybridized carbons (Fsp3) is 0.267. The molecule has 0 aliphatic heterocycles. The van der Waals surface area contributed by atoms with Crippen molar-refractivity contribution in [3.05, 3.63) is 87.6 Å². The Kier molecular flexibility index (Phi) is 8.71. The van der Waals surface area contributed by atoms with Crippen molar-refractivity contribution in [2.45, 2.75) is 32.6 Å². The molecule has 0 fully saturated rings. The van der Waals surface area contributed by atoms with E-state index in [0.29, 0.717) is 50.2 Å². The van der Waals surface area contributed by atoms with E-state index < -0.39 is 9.84 Å². The highest BCUT2D eigenvalue weighted by molar-refractivity contribution is 7.90. The second-order valence-corrected chi connectivity index (χ2v) is 13.9. The highest BCUT2D eigenvalue weighted by atomic mass is 35.5. The van der Waals surface area contributed by atoms with Crippen molar-refractivity contribution < 1.29 is 13.2 Å². The van der Waals surface area contributed by atoms with Gasteiger partial charge < -0.3 is 5.32 Å². The smallest absolute Gasteiger partial charge is 0.271 e. The Morgan fingerprint density at radius 1 is 0.950 bits per heavy atom. The van der Waals surface area contributed by atoms with Gasteiger partial charge in [0, 0.05) is 19.0 Å². The molecule has 1 N–H and O–H groups in total. The van der Waals surface area contributed by atoms with E-state index in [1.54, 1.807) is 59.3 Å². The van der Waals surface area contributed by atoms with Crippen LogP contribution in [0.1, 0.15) is 38.2 Å². The number of imidazole rings is 1. The molecule has 10 heteroatoms. The molecule has 210 valence electrons. The average Bonchev–Trinajstić information content (AvgIpc) is 3.31. The SMILES string of the molecule is CC(C)C(C)(C)CNC(=O)c1cn(-c2ccc(-c3cccc(S(C)(=O)=O)c3)cc2Cl)c(-c2c(Cl)cccc2Cl)n1. The zero-order valence-electron chi connectivity index (χ0n) is 22.8. The molecule has 1 aromatic heterocycles. The van der Waals surface area contributed by atoms with Gasteiger partial charge in [-0.3, -0.25) is 9.36 Å². The summed E-state index contributed by atoms with van der Waals surface area (Å²) in [5.41, 5.74) is 2.51. The number of aromatic nitrogens is 2. The molecule has 4 aromatic rings. The fourth-order valence-electron chi connectivity index (χ4n) is 3.95. The largest absolute Gasteiger partial charge is 0.350 e. The third kappa shape index (κ3) is 6.39. The standard InChI is InChI=1S/C30H30Cl3N3O3S/c1-18(2)30(3,4)17-34-29(37)25-16-36(28(35-25)27-22(31)10-7-11-23(27)32)26-13-12-20(15-24(26)33)19-8-6-9-21(14-19)40(5,38)39/h6-16,18H,17H2,1-5H3,(H,34,37). The summed E-state index contributed by atoms with van der Waals surface area (Å²) >= 11 is 19.9. The van der Waals surface area contributed by atoms with E-state index in [1.165, 1.54) is 6.26 Å². The number of halogens is 3. The predicted molar refractivity (Wildman–Crippen MR) is 164 cm³/mol. The van der Waals surface area contributed by atoms with Gasteiger partial charge in [-0.1, -0.05) is 86.8 Å². The van der Waals surface area contributed by atoms with Crippen LogP contribution in [0, 0.1) is 11.3 Å². The number of hydrogen-bond donors (Lipinski definition) is 1. The lowest BCUT2D eigenvalue weighted by atomic mass is 9.81. The van der Waals surface area contributed by atoms with E-state index in [1.807, 2.05) is 12.1 Å². The summed E-state index contributed by atoms with van der Waals surface area (Å²) < 4.78 is 25.8. The van der Waals surface area contributed by atoms with Crippen LogP contribution < -0.4 is 5.32 Å². The van der Waals surface area contributed by atoms with Gasteiger partial charge in [-0.2, -0.15) is 0 Å². The number of benzene rings is 3. The summed E-state index contributed by atoms with van der Waals surface area (Å²) in [7, 11) is -3.37. The van der Waals surface area contributed by atoms with Crippen molar-refractivity contribution >= 4 is 50.5 Å². The van der Waals surface area contributed by atoms with Crippen LogP contribution in [0.15, 0.2) is 71.8 Å². The minimum absolute atomic E-state index is 0.110. The van der Waals surface area contributed by atoms with Crippen LogP contribution in [0.2, 0.25) is 15.1 Å². The Balaban J connectivity index is 1.80. The zero-order chi connectivity index (χ0) is 29.4. The van der Waals surface area contributed by atoms with Crippen LogP contribution in [0.25, 0.3) is 28.2 Å². The summed E-state index contributed by atoms with van der Waals surface area (Å²) in [5, 5.41) is 4.10. The number of nitrogens with one attached hydrogen (secondary N) is 1. The van der Waals surface area contributed by atoms with E-state index in [-0.39, 0.29) is 21.9 Å². The fourth-order valence-corrected chi connectivity index (χ4v) is 5.46. The summed E-state index contributed by atoms with van der Waals surface area (Å²) in [4.78, 5) is 18.1. The predicted octanol–water partition coefficient (Wildman–Crippen LogP) is 7.98. The van der Waals surface area contributed by atoms with Gasteiger partial charge in [-0.15, -0.1) is 0 Å². The highest BCUT2D eigenvalue weighted by Gasteiger charge is 2.26. The van der Waals surface area contributed by atoms with Gasteiger partial charge >= 0.3 is 0 Å². The van der Waals surface area contributed by atoms with Gasteiger partial charge in [0.15, 0.2) is 9.84 Å². The van der Waals surface area contributed by atoms with Crippen molar-refractivity contribution in [2.24, 2.45) is 11.3 Å². The Labute approximate surface area is 250 Å². The van der Waals surface area contributed by atoms with Crippen LogP contribution in [0.3, 0.4) is 0 Å². The number of carbonyl (C=O) groups excluding carboxylic acids is 1. The Morgan fingerprint density at radius 2 is 1.57 bits per heavy atom. The van der Waals surface area contributed by atoms with Gasteiger partial charge in [0.2, 0.25) is 0 Å². The van der Waals surface area contributed by atoms with Crippen LogP contribution in [0.4, 0.5) is 0 Å². The molecular formula is C30H30Cl3N3O3S. The third-order valence-corrected chi connectivity index (χ3v) is 9.24. The molecule has 4 rings (SSSR count). The van der Waals surface area contributed by atoms with Crippen molar-refractivity contribution in [1.29, 1.82) is 0 Å². The minimum Gasteiger partial charge on any atom is -0.350 e. The molecule has 0 atom stereocenters. The number of carbonyl (C=O) groups is 1. The molecular weight excluding hydrogens is 589 g/mol. The number of hydrogen-bond acceptors (Lipinski definition) is 4. The molecule has 0 aliphatic carbocycles. The first-order chi connectivity index (χ1) is 18.7. The Hall–Kier alpha value is -2.84. The molecule has 0 aliphatic rings. The third-order valence-electron chi connectivity index (χ3n) is 7.20. The molecule has 0 radical (unpaired) electrons. The lowest BCUT2D eigenvalue weighted by Crippen LogP contribution is -2.37. The highest BCUT2D eigenvalue weighted by Crippen LogP contribution is 2.37. The summed E-state index contributed by atoms with van der Waals surface area (Å²) in [6.45, 7) is 8.89. The second kappa shape index (κ2) is 11.6. The molecule has 6 nitrogen and oxygen atoms in total. The molecule has 40 heavy (non-hydrogen) atoms. The molecule has 0 saturated carbocycles. The van der Waals surface area contributed by atoms with Crippen molar-refractivity contribution in [3.63, 3.8) is 0 Å². The number of sulfone groups is 1. The van der Waals surface area contributed by atoms with E-state index in [0.717, 1.165) is 5.56 Å². The van der Waals surface area contributed by atoms with Gasteiger partial charge in [-0.25, -0.2) is 13.4 Å². The average molecular weight is 619 g/mol. The van der Waals surface area contributed by atoms with E-state index in [2.05, 4.69) is 38.0 Å². The summed E-state index contributed by atoms with van der Waals surface area (Å²) in [6, 6.07) is 17.1. The van der Waals surface area contributed by atoms with E-state index in [4.69, 9.17) is 34.8 Å². The molecule has 0 bridgehead atoms. The molecule has 1 heterocycles. The van der Waals surface area contributed by atoms with Gasteiger partial charge in [-0.05, 0) is 58.9 Å². The molecule has 3 aromatic carbocycles. The first-order valence-corrected chi connectivity index (χ1v) is 15.6. The van der Waals surface area contributed by atoms with Crippen LogP contribution in [-0.4, -0.2) is 36.7 Å². The number of amides is 1. The normalized spacial score (nSPS) is 12.1.